The maximum atomic E-state index is 12.1. The van der Waals surface area contributed by atoms with Crippen LogP contribution in [0.1, 0.15) is 55.3 Å². The summed E-state index contributed by atoms with van der Waals surface area (Å²) in [6, 6.07) is 9.15. The van der Waals surface area contributed by atoms with E-state index in [4.69, 9.17) is 4.74 Å². The molecule has 0 unspecified atom stereocenters. The van der Waals surface area contributed by atoms with Gasteiger partial charge in [0, 0.05) is 6.42 Å². The van der Waals surface area contributed by atoms with Gasteiger partial charge in [-0.25, -0.2) is 4.79 Å². The first-order valence-corrected chi connectivity index (χ1v) is 7.51. The number of carbonyl (C=O) groups is 2. The molecule has 1 aliphatic carbocycles. The second kappa shape index (κ2) is 7.83. The van der Waals surface area contributed by atoms with Gasteiger partial charge in [0.2, 0.25) is 0 Å². The molecule has 0 aromatic heterocycles. The zero-order chi connectivity index (χ0) is 14.2. The number of ether oxygens (including phenoxy) is 1. The van der Waals surface area contributed by atoms with E-state index in [1.54, 1.807) is 12.1 Å². The molecule has 108 valence electrons. The van der Waals surface area contributed by atoms with Crippen LogP contribution >= 0.6 is 0 Å². The van der Waals surface area contributed by atoms with Gasteiger partial charge in [-0.15, -0.1) is 0 Å². The smallest absolute Gasteiger partial charge is 0.338 e. The Hall–Kier alpha value is -1.64. The van der Waals surface area contributed by atoms with E-state index in [-0.39, 0.29) is 12.1 Å². The van der Waals surface area contributed by atoms with Crippen molar-refractivity contribution in [2.45, 2.75) is 51.0 Å². The van der Waals surface area contributed by atoms with Gasteiger partial charge in [0.15, 0.2) is 0 Å². The van der Waals surface area contributed by atoms with Gasteiger partial charge in [-0.3, -0.25) is 0 Å². The van der Waals surface area contributed by atoms with Crippen LogP contribution in [-0.2, 0) is 9.53 Å². The predicted octanol–water partition coefficient (Wildman–Crippen LogP) is 3.77. The summed E-state index contributed by atoms with van der Waals surface area (Å²) in [7, 11) is 0. The number of esters is 1. The Balaban J connectivity index is 1.91. The fourth-order valence-electron chi connectivity index (χ4n) is 2.90. The molecule has 0 amide bonds. The summed E-state index contributed by atoms with van der Waals surface area (Å²) in [5.41, 5.74) is 0.615. The van der Waals surface area contributed by atoms with Crippen molar-refractivity contribution < 1.29 is 14.3 Å². The third-order valence-corrected chi connectivity index (χ3v) is 4.00. The Morgan fingerprint density at radius 2 is 1.95 bits per heavy atom. The maximum absolute atomic E-state index is 12.1. The first-order chi connectivity index (χ1) is 9.81. The standard InChI is InChI=1S/C17H22O3/c18-13-7-6-9-14-8-4-5-12-16(14)20-17(19)15-10-2-1-3-11-15/h1-3,10-11,13-14,16H,4-9,12H2/t14-,16+/m0/s1. The van der Waals surface area contributed by atoms with Crippen molar-refractivity contribution >= 4 is 12.3 Å². The Bertz CT molecular complexity index is 427. The summed E-state index contributed by atoms with van der Waals surface area (Å²) in [6.07, 6.45) is 7.84. The first-order valence-electron chi connectivity index (χ1n) is 7.51. The fourth-order valence-corrected chi connectivity index (χ4v) is 2.90. The molecule has 0 spiro atoms. The predicted molar refractivity (Wildman–Crippen MR) is 77.5 cm³/mol. The zero-order valence-electron chi connectivity index (χ0n) is 11.8. The number of unbranched alkanes of at least 4 members (excludes halogenated alkanes) is 1. The molecule has 2 atom stereocenters. The van der Waals surface area contributed by atoms with Crippen molar-refractivity contribution in [3.05, 3.63) is 35.9 Å². The van der Waals surface area contributed by atoms with Crippen LogP contribution in [0.2, 0.25) is 0 Å². The summed E-state index contributed by atoms with van der Waals surface area (Å²) < 4.78 is 5.69. The highest BCUT2D eigenvalue weighted by Gasteiger charge is 2.28. The summed E-state index contributed by atoms with van der Waals surface area (Å²) in [5, 5.41) is 0. The fraction of sp³-hybridized carbons (Fsp3) is 0.529. The Morgan fingerprint density at radius 1 is 1.20 bits per heavy atom. The lowest BCUT2D eigenvalue weighted by Gasteiger charge is -2.31. The molecule has 0 N–H and O–H groups in total. The maximum Gasteiger partial charge on any atom is 0.338 e. The molecule has 0 saturated heterocycles. The van der Waals surface area contributed by atoms with Crippen LogP contribution in [-0.4, -0.2) is 18.4 Å². The minimum absolute atomic E-state index is 0.0168. The van der Waals surface area contributed by atoms with E-state index in [1.165, 1.54) is 6.42 Å². The zero-order valence-corrected chi connectivity index (χ0v) is 11.8. The molecule has 1 fully saturated rings. The quantitative estimate of drug-likeness (QED) is 0.450. The molecule has 2 rings (SSSR count). The van der Waals surface area contributed by atoms with Crippen LogP contribution in [0.4, 0.5) is 0 Å². The molecule has 1 aromatic carbocycles. The molecule has 0 heterocycles. The summed E-state index contributed by atoms with van der Waals surface area (Å²) >= 11 is 0. The van der Waals surface area contributed by atoms with Gasteiger partial charge >= 0.3 is 5.97 Å². The van der Waals surface area contributed by atoms with Gasteiger partial charge in [0.05, 0.1) is 5.56 Å². The lowest BCUT2D eigenvalue weighted by Crippen LogP contribution is -2.30. The van der Waals surface area contributed by atoms with E-state index in [2.05, 4.69) is 0 Å². The summed E-state index contributed by atoms with van der Waals surface area (Å²) in [6.45, 7) is 0. The van der Waals surface area contributed by atoms with Gasteiger partial charge in [-0.1, -0.05) is 24.6 Å². The molecule has 20 heavy (non-hydrogen) atoms. The van der Waals surface area contributed by atoms with Gasteiger partial charge in [0.25, 0.3) is 0 Å². The van der Waals surface area contributed by atoms with Crippen molar-refractivity contribution in [3.8, 4) is 0 Å². The molecule has 1 aromatic rings. The van der Waals surface area contributed by atoms with Gasteiger partial charge in [0.1, 0.15) is 12.4 Å². The van der Waals surface area contributed by atoms with Crippen molar-refractivity contribution in [3.63, 3.8) is 0 Å². The molecule has 3 nitrogen and oxygen atoms in total. The molecule has 0 radical (unpaired) electrons. The average Bonchev–Trinajstić information content (AvgIpc) is 2.50. The third kappa shape index (κ3) is 4.19. The summed E-state index contributed by atoms with van der Waals surface area (Å²) in [5.74, 6) is 0.189. The van der Waals surface area contributed by atoms with Gasteiger partial charge in [-0.2, -0.15) is 0 Å². The van der Waals surface area contributed by atoms with Crippen LogP contribution in [0.3, 0.4) is 0 Å². The number of rotatable bonds is 6. The molecule has 3 heteroatoms. The number of aldehydes is 1. The van der Waals surface area contributed by atoms with Gasteiger partial charge in [-0.05, 0) is 50.2 Å². The van der Waals surface area contributed by atoms with E-state index < -0.39 is 0 Å². The first kappa shape index (κ1) is 14.8. The second-order valence-electron chi connectivity index (χ2n) is 5.45. The molecule has 0 bridgehead atoms. The largest absolute Gasteiger partial charge is 0.458 e. The number of hydrogen-bond acceptors (Lipinski definition) is 3. The molecule has 1 aliphatic rings. The monoisotopic (exact) mass is 274 g/mol. The van der Waals surface area contributed by atoms with Crippen LogP contribution in [0.25, 0.3) is 0 Å². The minimum Gasteiger partial charge on any atom is -0.458 e. The summed E-state index contributed by atoms with van der Waals surface area (Å²) in [4.78, 5) is 22.5. The second-order valence-corrected chi connectivity index (χ2v) is 5.45. The van der Waals surface area contributed by atoms with Crippen LogP contribution < -0.4 is 0 Å². The lowest BCUT2D eigenvalue weighted by atomic mass is 9.83. The van der Waals surface area contributed by atoms with E-state index in [1.807, 2.05) is 18.2 Å². The number of carbonyl (C=O) groups excluding carboxylic acids is 2. The average molecular weight is 274 g/mol. The van der Waals surface area contributed by atoms with Gasteiger partial charge < -0.3 is 9.53 Å². The van der Waals surface area contributed by atoms with Crippen molar-refractivity contribution in [1.82, 2.24) is 0 Å². The van der Waals surface area contributed by atoms with Crippen LogP contribution in [0, 0.1) is 5.92 Å². The van der Waals surface area contributed by atoms with Crippen LogP contribution in [0.15, 0.2) is 30.3 Å². The van der Waals surface area contributed by atoms with E-state index in [9.17, 15) is 9.59 Å². The number of hydrogen-bond donors (Lipinski definition) is 0. The SMILES string of the molecule is O=CCCC[C@@H]1CCCC[C@H]1OC(=O)c1ccccc1. The van der Waals surface area contributed by atoms with E-state index in [0.29, 0.717) is 17.9 Å². The molecular weight excluding hydrogens is 252 g/mol. The van der Waals surface area contributed by atoms with E-state index in [0.717, 1.165) is 38.4 Å². The Labute approximate surface area is 120 Å². The highest BCUT2D eigenvalue weighted by atomic mass is 16.5. The lowest BCUT2D eigenvalue weighted by molar-refractivity contribution is -0.108. The van der Waals surface area contributed by atoms with Crippen molar-refractivity contribution in [1.29, 1.82) is 0 Å². The Kier molecular flexibility index (Phi) is 5.78. The third-order valence-electron chi connectivity index (χ3n) is 4.00. The highest BCUT2D eigenvalue weighted by Crippen LogP contribution is 2.31. The van der Waals surface area contributed by atoms with Crippen molar-refractivity contribution in [2.24, 2.45) is 5.92 Å². The normalized spacial score (nSPS) is 22.2. The van der Waals surface area contributed by atoms with Crippen molar-refractivity contribution in [2.75, 3.05) is 0 Å². The molecule has 0 aliphatic heterocycles. The number of benzene rings is 1. The van der Waals surface area contributed by atoms with Crippen LogP contribution in [0.5, 0.6) is 0 Å². The van der Waals surface area contributed by atoms with E-state index >= 15 is 0 Å². The highest BCUT2D eigenvalue weighted by molar-refractivity contribution is 5.89. The molecular formula is C17H22O3. The topological polar surface area (TPSA) is 43.4 Å². The molecule has 1 saturated carbocycles. The minimum atomic E-state index is -0.224. The Morgan fingerprint density at radius 3 is 2.70 bits per heavy atom.